The summed E-state index contributed by atoms with van der Waals surface area (Å²) >= 11 is 0. The van der Waals surface area contributed by atoms with Crippen LogP contribution in [0.5, 0.6) is 0 Å². The van der Waals surface area contributed by atoms with Crippen LogP contribution in [0.25, 0.3) is 0 Å². The average molecular weight is 379 g/mol. The Bertz CT molecular complexity index is 360. The summed E-state index contributed by atoms with van der Waals surface area (Å²) < 4.78 is 11.5. The minimum Gasteiger partial charge on any atom is -0.381 e. The molecule has 0 aliphatic rings. The second kappa shape index (κ2) is 19.7. The lowest BCUT2D eigenvalue weighted by Gasteiger charge is -2.29. The molecule has 0 fully saturated rings. The van der Waals surface area contributed by atoms with Crippen molar-refractivity contribution in [2.45, 2.75) is 104 Å². The van der Waals surface area contributed by atoms with E-state index in [1.807, 2.05) is 0 Å². The van der Waals surface area contributed by atoms with Gasteiger partial charge in [0.1, 0.15) is 0 Å². The van der Waals surface area contributed by atoms with Gasteiger partial charge >= 0.3 is 0 Å². The summed E-state index contributed by atoms with van der Waals surface area (Å²) in [4.78, 5) is 0. The Labute approximate surface area is 168 Å². The smallest absolute Gasteiger partial charge is 0.0628 e. The molecule has 0 N–H and O–H groups in total. The second-order valence-corrected chi connectivity index (χ2v) is 7.77. The van der Waals surface area contributed by atoms with Crippen LogP contribution in [0, 0.1) is 28.1 Å². The van der Waals surface area contributed by atoms with Crippen molar-refractivity contribution in [3.8, 4) is 12.1 Å². The molecule has 0 aromatic heterocycles. The summed E-state index contributed by atoms with van der Waals surface area (Å²) in [7, 11) is 0. The first-order valence-electron chi connectivity index (χ1n) is 11.1. The number of unbranched alkanes of at least 4 members (excludes halogenated alkanes) is 8. The van der Waals surface area contributed by atoms with Gasteiger partial charge < -0.3 is 9.47 Å². The third-order valence-corrected chi connectivity index (χ3v) is 5.10. The monoisotopic (exact) mass is 378 g/mol. The maximum absolute atomic E-state index is 9.24. The Morgan fingerprint density at radius 3 is 1.78 bits per heavy atom. The topological polar surface area (TPSA) is 66.0 Å². The minimum atomic E-state index is -0.297. The van der Waals surface area contributed by atoms with Crippen LogP contribution in [0.3, 0.4) is 0 Å². The zero-order valence-corrected chi connectivity index (χ0v) is 17.9. The molecule has 0 saturated heterocycles. The number of hydrogen-bond donors (Lipinski definition) is 0. The fourth-order valence-electron chi connectivity index (χ4n) is 3.25. The quantitative estimate of drug-likeness (QED) is 0.225. The fourth-order valence-corrected chi connectivity index (χ4v) is 3.25. The number of hydrogen-bond acceptors (Lipinski definition) is 4. The third kappa shape index (κ3) is 15.6. The zero-order chi connectivity index (χ0) is 20.1. The van der Waals surface area contributed by atoms with Crippen molar-refractivity contribution in [3.05, 3.63) is 0 Å². The lowest BCUT2D eigenvalue weighted by atomic mass is 9.78. The van der Waals surface area contributed by atoms with E-state index in [1.165, 1.54) is 38.5 Å². The molecule has 0 aromatic carbocycles. The minimum absolute atomic E-state index is 0.297. The van der Waals surface area contributed by atoms with E-state index in [0.717, 1.165) is 58.3 Å². The first kappa shape index (κ1) is 25.9. The highest BCUT2D eigenvalue weighted by Crippen LogP contribution is 2.33. The van der Waals surface area contributed by atoms with Gasteiger partial charge in [0.05, 0.1) is 18.7 Å². The predicted molar refractivity (Wildman–Crippen MR) is 111 cm³/mol. The van der Waals surface area contributed by atoms with Crippen molar-refractivity contribution < 1.29 is 9.47 Å². The van der Waals surface area contributed by atoms with E-state index >= 15 is 0 Å². The molecule has 0 aliphatic heterocycles. The van der Waals surface area contributed by atoms with E-state index in [-0.39, 0.29) is 5.41 Å². The Morgan fingerprint density at radius 1 is 0.630 bits per heavy atom. The molecule has 0 atom stereocenters. The van der Waals surface area contributed by atoms with Crippen molar-refractivity contribution in [1.29, 1.82) is 10.5 Å². The van der Waals surface area contributed by atoms with Gasteiger partial charge in [-0.15, -0.1) is 0 Å². The van der Waals surface area contributed by atoms with Crippen LogP contribution in [-0.2, 0) is 9.47 Å². The van der Waals surface area contributed by atoms with Crippen LogP contribution in [0.4, 0.5) is 0 Å². The first-order chi connectivity index (χ1) is 13.2. The molecule has 0 radical (unpaired) electrons. The number of ether oxygens (including phenoxy) is 2. The standard InChI is InChI=1S/C23H42N2O2/c1-3-5-7-8-9-12-21-27-22-23(15-17-24,16-18-25)14-11-10-13-20-26-19-6-4-2/h3-16,19-22H2,1-2H3. The molecule has 0 unspecified atom stereocenters. The molecule has 4 heteroatoms. The van der Waals surface area contributed by atoms with Crippen molar-refractivity contribution >= 4 is 0 Å². The van der Waals surface area contributed by atoms with Gasteiger partial charge in [0.15, 0.2) is 0 Å². The SMILES string of the molecule is CCCCCCCCOCC(CC#N)(CC#N)CCCCCOCCCC. The molecule has 0 amide bonds. The van der Waals surface area contributed by atoms with Crippen LogP contribution in [-0.4, -0.2) is 26.4 Å². The van der Waals surface area contributed by atoms with Crippen LogP contribution in [0.2, 0.25) is 0 Å². The first-order valence-corrected chi connectivity index (χ1v) is 11.1. The lowest BCUT2D eigenvalue weighted by Crippen LogP contribution is -2.27. The number of nitriles is 2. The molecule has 0 bridgehead atoms. The molecule has 156 valence electrons. The molecule has 27 heavy (non-hydrogen) atoms. The Balaban J connectivity index is 4.05. The van der Waals surface area contributed by atoms with Gasteiger partial charge in [-0.05, 0) is 25.7 Å². The summed E-state index contributed by atoms with van der Waals surface area (Å²) in [5, 5.41) is 18.5. The maximum Gasteiger partial charge on any atom is 0.0628 e. The number of rotatable bonds is 20. The molecule has 4 nitrogen and oxygen atoms in total. The zero-order valence-electron chi connectivity index (χ0n) is 17.9. The fraction of sp³-hybridized carbons (Fsp3) is 0.913. The van der Waals surface area contributed by atoms with Gasteiger partial charge in [-0.2, -0.15) is 10.5 Å². The van der Waals surface area contributed by atoms with E-state index in [9.17, 15) is 10.5 Å². The van der Waals surface area contributed by atoms with Gasteiger partial charge in [-0.3, -0.25) is 0 Å². The summed E-state index contributed by atoms with van der Waals surface area (Å²) in [6.07, 6.45) is 14.6. The highest BCUT2D eigenvalue weighted by molar-refractivity contribution is 4.95. The molecule has 0 spiro atoms. The van der Waals surface area contributed by atoms with Gasteiger partial charge in [-0.25, -0.2) is 0 Å². The Morgan fingerprint density at radius 2 is 1.15 bits per heavy atom. The van der Waals surface area contributed by atoms with Gasteiger partial charge in [0.2, 0.25) is 0 Å². The summed E-state index contributed by atoms with van der Waals surface area (Å²) in [6.45, 7) is 7.36. The maximum atomic E-state index is 9.24. The summed E-state index contributed by atoms with van der Waals surface area (Å²) in [6, 6.07) is 4.58. The van der Waals surface area contributed by atoms with Crippen LogP contribution in [0.1, 0.15) is 104 Å². The molecule has 0 rings (SSSR count). The third-order valence-electron chi connectivity index (χ3n) is 5.10. The number of nitrogens with zero attached hydrogens (tertiary/aromatic N) is 2. The molecule has 0 aliphatic carbocycles. The molecule has 0 saturated carbocycles. The van der Waals surface area contributed by atoms with Crippen molar-refractivity contribution in [3.63, 3.8) is 0 Å². The molecule has 0 aromatic rings. The predicted octanol–water partition coefficient (Wildman–Crippen LogP) is 6.55. The van der Waals surface area contributed by atoms with Crippen molar-refractivity contribution in [1.82, 2.24) is 0 Å². The van der Waals surface area contributed by atoms with Crippen molar-refractivity contribution in [2.24, 2.45) is 5.41 Å². The van der Waals surface area contributed by atoms with E-state index in [2.05, 4.69) is 26.0 Å². The van der Waals surface area contributed by atoms with Crippen LogP contribution in [0.15, 0.2) is 0 Å². The van der Waals surface area contributed by atoms with Gasteiger partial charge in [0.25, 0.3) is 0 Å². The van der Waals surface area contributed by atoms with E-state index < -0.39 is 0 Å². The second-order valence-electron chi connectivity index (χ2n) is 7.77. The molecular weight excluding hydrogens is 336 g/mol. The van der Waals surface area contributed by atoms with E-state index in [0.29, 0.717) is 19.4 Å². The average Bonchev–Trinajstić information content (AvgIpc) is 2.66. The van der Waals surface area contributed by atoms with Gasteiger partial charge in [-0.1, -0.05) is 65.2 Å². The van der Waals surface area contributed by atoms with Crippen LogP contribution >= 0.6 is 0 Å². The van der Waals surface area contributed by atoms with Crippen LogP contribution < -0.4 is 0 Å². The largest absolute Gasteiger partial charge is 0.381 e. The highest BCUT2D eigenvalue weighted by Gasteiger charge is 2.30. The molecule has 0 heterocycles. The summed E-state index contributed by atoms with van der Waals surface area (Å²) in [5.74, 6) is 0. The molecular formula is C23H42N2O2. The Kier molecular flexibility index (Phi) is 18.9. The van der Waals surface area contributed by atoms with Crippen molar-refractivity contribution in [2.75, 3.05) is 26.4 Å². The summed E-state index contributed by atoms with van der Waals surface area (Å²) in [5.41, 5.74) is -0.297. The lowest BCUT2D eigenvalue weighted by molar-refractivity contribution is 0.0381. The van der Waals surface area contributed by atoms with E-state index in [4.69, 9.17) is 9.47 Å². The van der Waals surface area contributed by atoms with Gasteiger partial charge in [0, 0.05) is 38.1 Å². The highest BCUT2D eigenvalue weighted by atomic mass is 16.5. The van der Waals surface area contributed by atoms with E-state index in [1.54, 1.807) is 0 Å². The normalized spacial score (nSPS) is 11.3. The Hall–Kier alpha value is -1.10.